The highest BCUT2D eigenvalue weighted by molar-refractivity contribution is 5.78. The first-order chi connectivity index (χ1) is 5.89. The lowest BCUT2D eigenvalue weighted by Gasteiger charge is -2.00. The molecule has 2 nitrogen and oxygen atoms in total. The van der Waals surface area contributed by atoms with Gasteiger partial charge >= 0.3 is 0 Å². The second-order valence-corrected chi connectivity index (χ2v) is 3.56. The Balaban J connectivity index is 2.17. The third-order valence-corrected chi connectivity index (χ3v) is 2.37. The second-order valence-electron chi connectivity index (χ2n) is 3.56. The molecule has 0 aromatic heterocycles. The van der Waals surface area contributed by atoms with E-state index in [9.17, 15) is 4.79 Å². The van der Waals surface area contributed by atoms with Gasteiger partial charge in [-0.2, -0.15) is 0 Å². The highest BCUT2D eigenvalue weighted by Crippen LogP contribution is 2.06. The van der Waals surface area contributed by atoms with Gasteiger partial charge in [0, 0.05) is 12.8 Å². The zero-order valence-electron chi connectivity index (χ0n) is 7.77. The average Bonchev–Trinajstić information content (AvgIpc) is 2.11. The molecule has 0 aromatic carbocycles. The SMILES string of the molecule is O=C1CCCCCCNCCC1. The third kappa shape index (κ3) is 4.50. The summed E-state index contributed by atoms with van der Waals surface area (Å²) in [6.45, 7) is 2.15. The third-order valence-electron chi connectivity index (χ3n) is 2.37. The molecule has 1 heterocycles. The maximum absolute atomic E-state index is 11.2. The van der Waals surface area contributed by atoms with Gasteiger partial charge in [-0.25, -0.2) is 0 Å². The highest BCUT2D eigenvalue weighted by atomic mass is 16.1. The first kappa shape index (κ1) is 9.72. The molecular formula is C10H19NO. The first-order valence-corrected chi connectivity index (χ1v) is 5.12. The monoisotopic (exact) mass is 169 g/mol. The van der Waals surface area contributed by atoms with Crippen molar-refractivity contribution in [1.29, 1.82) is 0 Å². The number of carbonyl (C=O) groups excluding carboxylic acids is 1. The molecule has 0 amide bonds. The summed E-state index contributed by atoms with van der Waals surface area (Å²) in [4.78, 5) is 11.2. The van der Waals surface area contributed by atoms with Gasteiger partial charge in [-0.05, 0) is 32.4 Å². The Hall–Kier alpha value is -0.370. The topological polar surface area (TPSA) is 29.1 Å². The fourth-order valence-electron chi connectivity index (χ4n) is 1.59. The zero-order valence-corrected chi connectivity index (χ0v) is 7.77. The van der Waals surface area contributed by atoms with Gasteiger partial charge in [-0.15, -0.1) is 0 Å². The summed E-state index contributed by atoms with van der Waals surface area (Å²) < 4.78 is 0. The molecule has 70 valence electrons. The van der Waals surface area contributed by atoms with E-state index in [1.54, 1.807) is 0 Å². The van der Waals surface area contributed by atoms with E-state index in [4.69, 9.17) is 0 Å². The molecule has 0 unspecified atom stereocenters. The lowest BCUT2D eigenvalue weighted by molar-refractivity contribution is -0.119. The predicted molar refractivity (Wildman–Crippen MR) is 50.2 cm³/mol. The Kier molecular flexibility index (Phi) is 5.00. The number of hydrogen-bond acceptors (Lipinski definition) is 2. The standard InChI is InChI=1S/C10H19NO/c12-10-6-3-1-2-4-8-11-9-5-7-10/h11H,1-9H2. The zero-order chi connectivity index (χ0) is 8.65. The van der Waals surface area contributed by atoms with Crippen molar-refractivity contribution < 1.29 is 4.79 Å². The van der Waals surface area contributed by atoms with E-state index in [0.29, 0.717) is 5.78 Å². The van der Waals surface area contributed by atoms with Crippen molar-refractivity contribution in [3.63, 3.8) is 0 Å². The summed E-state index contributed by atoms with van der Waals surface area (Å²) in [6.07, 6.45) is 7.52. The van der Waals surface area contributed by atoms with Crippen molar-refractivity contribution in [2.24, 2.45) is 0 Å². The summed E-state index contributed by atoms with van der Waals surface area (Å²) in [5.41, 5.74) is 0. The van der Waals surface area contributed by atoms with Crippen LogP contribution in [0.3, 0.4) is 0 Å². The molecule has 2 heteroatoms. The lowest BCUT2D eigenvalue weighted by atomic mass is 10.1. The molecule has 1 rings (SSSR count). The molecule has 0 atom stereocenters. The fraction of sp³-hybridized carbons (Fsp3) is 0.900. The molecule has 1 N–H and O–H groups in total. The summed E-state index contributed by atoms with van der Waals surface area (Å²) in [6, 6.07) is 0. The van der Waals surface area contributed by atoms with Crippen molar-refractivity contribution in [3.8, 4) is 0 Å². The van der Waals surface area contributed by atoms with Gasteiger partial charge in [0.25, 0.3) is 0 Å². The molecular weight excluding hydrogens is 150 g/mol. The van der Waals surface area contributed by atoms with Gasteiger partial charge in [-0.3, -0.25) is 4.79 Å². The van der Waals surface area contributed by atoms with E-state index >= 15 is 0 Å². The second kappa shape index (κ2) is 6.18. The van der Waals surface area contributed by atoms with Crippen molar-refractivity contribution in [3.05, 3.63) is 0 Å². The highest BCUT2D eigenvalue weighted by Gasteiger charge is 2.02. The lowest BCUT2D eigenvalue weighted by Crippen LogP contribution is -2.16. The van der Waals surface area contributed by atoms with Crippen molar-refractivity contribution in [1.82, 2.24) is 5.32 Å². The van der Waals surface area contributed by atoms with Gasteiger partial charge in [0.1, 0.15) is 5.78 Å². The maximum atomic E-state index is 11.2. The van der Waals surface area contributed by atoms with Crippen LogP contribution in [0.2, 0.25) is 0 Å². The number of Topliss-reactive ketones (excluding diaryl/α,β-unsaturated/α-hetero) is 1. The Morgan fingerprint density at radius 1 is 0.833 bits per heavy atom. The van der Waals surface area contributed by atoms with Crippen LogP contribution in [-0.4, -0.2) is 18.9 Å². The van der Waals surface area contributed by atoms with Gasteiger partial charge in [0.15, 0.2) is 0 Å². The van der Waals surface area contributed by atoms with Crippen molar-refractivity contribution >= 4 is 5.78 Å². The van der Waals surface area contributed by atoms with E-state index in [0.717, 1.165) is 38.8 Å². The van der Waals surface area contributed by atoms with Crippen LogP contribution in [-0.2, 0) is 4.79 Å². The van der Waals surface area contributed by atoms with Crippen molar-refractivity contribution in [2.45, 2.75) is 44.9 Å². The van der Waals surface area contributed by atoms with Gasteiger partial charge < -0.3 is 5.32 Å². The van der Waals surface area contributed by atoms with E-state index in [1.165, 1.54) is 19.3 Å². The van der Waals surface area contributed by atoms with E-state index in [1.807, 2.05) is 0 Å². The summed E-state index contributed by atoms with van der Waals surface area (Å²) in [7, 11) is 0. The van der Waals surface area contributed by atoms with Gasteiger partial charge in [0.05, 0.1) is 0 Å². The number of carbonyl (C=O) groups is 1. The van der Waals surface area contributed by atoms with Crippen LogP contribution >= 0.6 is 0 Å². The first-order valence-electron chi connectivity index (χ1n) is 5.12. The minimum Gasteiger partial charge on any atom is -0.317 e. The van der Waals surface area contributed by atoms with Crippen LogP contribution in [0.15, 0.2) is 0 Å². The Bertz CT molecular complexity index is 120. The molecule has 1 fully saturated rings. The normalized spacial score (nSPS) is 23.2. The van der Waals surface area contributed by atoms with Gasteiger partial charge in [0.2, 0.25) is 0 Å². The van der Waals surface area contributed by atoms with Gasteiger partial charge in [-0.1, -0.05) is 12.8 Å². The maximum Gasteiger partial charge on any atom is 0.132 e. The Morgan fingerprint density at radius 2 is 1.50 bits per heavy atom. The number of ketones is 1. The predicted octanol–water partition coefficient (Wildman–Crippen LogP) is 1.89. The molecule has 12 heavy (non-hydrogen) atoms. The van der Waals surface area contributed by atoms with E-state index in [2.05, 4.69) is 5.32 Å². The number of nitrogens with one attached hydrogen (secondary N) is 1. The molecule has 0 spiro atoms. The minimum absolute atomic E-state index is 0.457. The van der Waals surface area contributed by atoms with Crippen LogP contribution in [0.25, 0.3) is 0 Å². The molecule has 0 bridgehead atoms. The molecule has 1 aliphatic rings. The van der Waals surface area contributed by atoms with Crippen LogP contribution < -0.4 is 5.32 Å². The molecule has 1 saturated heterocycles. The molecule has 0 aliphatic carbocycles. The minimum atomic E-state index is 0.457. The molecule has 1 aliphatic heterocycles. The molecule has 0 saturated carbocycles. The fourth-order valence-corrected chi connectivity index (χ4v) is 1.59. The summed E-state index contributed by atoms with van der Waals surface area (Å²) >= 11 is 0. The average molecular weight is 169 g/mol. The Labute approximate surface area is 74.7 Å². The van der Waals surface area contributed by atoms with E-state index < -0.39 is 0 Å². The smallest absolute Gasteiger partial charge is 0.132 e. The van der Waals surface area contributed by atoms with Crippen molar-refractivity contribution in [2.75, 3.05) is 13.1 Å². The quantitative estimate of drug-likeness (QED) is 0.600. The van der Waals surface area contributed by atoms with Crippen LogP contribution in [0.4, 0.5) is 0 Å². The number of hydrogen-bond donors (Lipinski definition) is 1. The van der Waals surface area contributed by atoms with Crippen LogP contribution in [0.1, 0.15) is 44.9 Å². The van der Waals surface area contributed by atoms with Crippen LogP contribution in [0, 0.1) is 0 Å². The number of rotatable bonds is 0. The Morgan fingerprint density at radius 3 is 2.42 bits per heavy atom. The van der Waals surface area contributed by atoms with E-state index in [-0.39, 0.29) is 0 Å². The van der Waals surface area contributed by atoms with Crippen LogP contribution in [0.5, 0.6) is 0 Å². The summed E-state index contributed by atoms with van der Waals surface area (Å²) in [5.74, 6) is 0.457. The largest absolute Gasteiger partial charge is 0.317 e. The molecule has 0 aromatic rings. The molecule has 0 radical (unpaired) electrons. The summed E-state index contributed by atoms with van der Waals surface area (Å²) in [5, 5.41) is 3.35.